The Bertz CT molecular complexity index is 1130. The van der Waals surface area contributed by atoms with Gasteiger partial charge in [-0.15, -0.1) is 0 Å². The van der Waals surface area contributed by atoms with Crippen molar-refractivity contribution >= 4 is 22.6 Å². The van der Waals surface area contributed by atoms with Gasteiger partial charge in [-0.05, 0) is 60.5 Å². The standard InChI is InChI=1S/C23H20FN3O/c1-27-21-8-3-2-7-20(21)26-22(27)14-9-16-5-4-6-19(15-16)25-23(28)17-10-12-18(24)13-11-17/h2-8,10-13,15H,9,14H2,1H3,(H,25,28). The number of nitrogens with zero attached hydrogens (tertiary/aromatic N) is 2. The summed E-state index contributed by atoms with van der Waals surface area (Å²) in [5.41, 5.74) is 4.38. The van der Waals surface area contributed by atoms with Gasteiger partial charge in [-0.2, -0.15) is 0 Å². The lowest BCUT2D eigenvalue weighted by Gasteiger charge is -2.08. The monoisotopic (exact) mass is 373 g/mol. The van der Waals surface area contributed by atoms with E-state index in [1.807, 2.05) is 49.5 Å². The summed E-state index contributed by atoms with van der Waals surface area (Å²) in [6.45, 7) is 0. The maximum atomic E-state index is 13.0. The van der Waals surface area contributed by atoms with Crippen LogP contribution in [-0.4, -0.2) is 15.5 Å². The Hall–Kier alpha value is -3.47. The molecule has 1 heterocycles. The summed E-state index contributed by atoms with van der Waals surface area (Å²) in [7, 11) is 2.03. The summed E-state index contributed by atoms with van der Waals surface area (Å²) in [5.74, 6) is 0.412. The van der Waals surface area contributed by atoms with E-state index in [2.05, 4.69) is 16.0 Å². The second kappa shape index (κ2) is 7.64. The quantitative estimate of drug-likeness (QED) is 0.549. The SMILES string of the molecule is Cn1c(CCc2cccc(NC(=O)c3ccc(F)cc3)c2)nc2ccccc21. The van der Waals surface area contributed by atoms with E-state index in [1.54, 1.807) is 0 Å². The lowest BCUT2D eigenvalue weighted by molar-refractivity contribution is 0.102. The van der Waals surface area contributed by atoms with Gasteiger partial charge in [0.25, 0.3) is 5.91 Å². The summed E-state index contributed by atoms with van der Waals surface area (Å²) >= 11 is 0. The molecule has 5 heteroatoms. The minimum atomic E-state index is -0.361. The first-order valence-electron chi connectivity index (χ1n) is 9.16. The van der Waals surface area contributed by atoms with Gasteiger partial charge in [0.2, 0.25) is 0 Å². The maximum Gasteiger partial charge on any atom is 0.255 e. The average Bonchev–Trinajstić information content (AvgIpc) is 3.03. The van der Waals surface area contributed by atoms with E-state index in [1.165, 1.54) is 24.3 Å². The number of hydrogen-bond acceptors (Lipinski definition) is 2. The summed E-state index contributed by atoms with van der Waals surface area (Å²) in [5, 5.41) is 2.87. The van der Waals surface area contributed by atoms with E-state index in [9.17, 15) is 9.18 Å². The molecule has 0 bridgehead atoms. The highest BCUT2D eigenvalue weighted by atomic mass is 19.1. The molecule has 0 aliphatic rings. The first-order chi connectivity index (χ1) is 13.6. The van der Waals surface area contributed by atoms with Crippen LogP contribution in [0.3, 0.4) is 0 Å². The average molecular weight is 373 g/mol. The number of imidazole rings is 1. The predicted octanol–water partition coefficient (Wildman–Crippen LogP) is 4.75. The maximum absolute atomic E-state index is 13.0. The highest BCUT2D eigenvalue weighted by Gasteiger charge is 2.09. The Balaban J connectivity index is 1.45. The number of aromatic nitrogens is 2. The molecule has 0 aliphatic carbocycles. The number of carbonyl (C=O) groups is 1. The number of benzene rings is 3. The summed E-state index contributed by atoms with van der Waals surface area (Å²) in [6.07, 6.45) is 1.62. The van der Waals surface area contributed by atoms with Crippen LogP contribution in [0.15, 0.2) is 72.8 Å². The zero-order valence-electron chi connectivity index (χ0n) is 15.5. The second-order valence-corrected chi connectivity index (χ2v) is 6.74. The first kappa shape index (κ1) is 17.9. The zero-order valence-corrected chi connectivity index (χ0v) is 15.5. The Morgan fingerprint density at radius 3 is 2.57 bits per heavy atom. The highest BCUT2D eigenvalue weighted by molar-refractivity contribution is 6.04. The van der Waals surface area contributed by atoms with Crippen LogP contribution >= 0.6 is 0 Å². The first-order valence-corrected chi connectivity index (χ1v) is 9.16. The van der Waals surface area contributed by atoms with Gasteiger partial charge >= 0.3 is 0 Å². The molecule has 0 aliphatic heterocycles. The smallest absolute Gasteiger partial charge is 0.255 e. The normalized spacial score (nSPS) is 10.9. The van der Waals surface area contributed by atoms with Crippen molar-refractivity contribution in [3.63, 3.8) is 0 Å². The van der Waals surface area contributed by atoms with Crippen LogP contribution in [0.2, 0.25) is 0 Å². The van der Waals surface area contributed by atoms with E-state index in [0.717, 1.165) is 41.0 Å². The lowest BCUT2D eigenvalue weighted by Crippen LogP contribution is -2.12. The van der Waals surface area contributed by atoms with Crippen molar-refractivity contribution in [3.8, 4) is 0 Å². The van der Waals surface area contributed by atoms with Crippen LogP contribution in [-0.2, 0) is 19.9 Å². The second-order valence-electron chi connectivity index (χ2n) is 6.74. The fourth-order valence-electron chi connectivity index (χ4n) is 3.28. The number of anilines is 1. The molecule has 4 aromatic rings. The van der Waals surface area contributed by atoms with Gasteiger partial charge in [-0.3, -0.25) is 4.79 Å². The number of aryl methyl sites for hydroxylation is 3. The van der Waals surface area contributed by atoms with Crippen LogP contribution in [0.1, 0.15) is 21.7 Å². The van der Waals surface area contributed by atoms with Gasteiger partial charge in [0.05, 0.1) is 11.0 Å². The van der Waals surface area contributed by atoms with E-state index in [-0.39, 0.29) is 11.7 Å². The molecule has 140 valence electrons. The van der Waals surface area contributed by atoms with Gasteiger partial charge in [-0.25, -0.2) is 9.37 Å². The van der Waals surface area contributed by atoms with Gasteiger partial charge in [0.1, 0.15) is 11.6 Å². The van der Waals surface area contributed by atoms with E-state index >= 15 is 0 Å². The molecule has 1 N–H and O–H groups in total. The molecule has 0 radical (unpaired) electrons. The third-order valence-electron chi connectivity index (χ3n) is 4.81. The Labute approximate surface area is 162 Å². The van der Waals surface area contributed by atoms with Crippen molar-refractivity contribution in [1.29, 1.82) is 0 Å². The van der Waals surface area contributed by atoms with Gasteiger partial charge in [-0.1, -0.05) is 24.3 Å². The number of rotatable bonds is 5. The number of fused-ring (bicyclic) bond motifs is 1. The summed E-state index contributed by atoms with van der Waals surface area (Å²) < 4.78 is 15.1. The number of para-hydroxylation sites is 2. The van der Waals surface area contributed by atoms with Crippen molar-refractivity contribution in [2.75, 3.05) is 5.32 Å². The van der Waals surface area contributed by atoms with Crippen LogP contribution < -0.4 is 5.32 Å². The third-order valence-corrected chi connectivity index (χ3v) is 4.81. The Morgan fingerprint density at radius 2 is 1.79 bits per heavy atom. The van der Waals surface area contributed by atoms with Crippen molar-refractivity contribution in [1.82, 2.24) is 9.55 Å². The van der Waals surface area contributed by atoms with Crippen LogP contribution in [0.4, 0.5) is 10.1 Å². The van der Waals surface area contributed by atoms with Crippen LogP contribution in [0.5, 0.6) is 0 Å². The van der Waals surface area contributed by atoms with Gasteiger partial charge < -0.3 is 9.88 Å². The van der Waals surface area contributed by atoms with Crippen molar-refractivity contribution in [2.24, 2.45) is 7.05 Å². The van der Waals surface area contributed by atoms with Gasteiger partial charge in [0.15, 0.2) is 0 Å². The highest BCUT2D eigenvalue weighted by Crippen LogP contribution is 2.18. The molecular formula is C23H20FN3O. The van der Waals surface area contributed by atoms with E-state index in [4.69, 9.17) is 4.98 Å². The molecule has 0 saturated heterocycles. The minimum absolute atomic E-state index is 0.257. The minimum Gasteiger partial charge on any atom is -0.331 e. The Kier molecular flexibility index (Phi) is 4.89. The molecule has 28 heavy (non-hydrogen) atoms. The number of hydrogen-bond donors (Lipinski definition) is 1. The number of halogens is 1. The molecule has 3 aromatic carbocycles. The number of nitrogens with one attached hydrogen (secondary N) is 1. The zero-order chi connectivity index (χ0) is 19.5. The van der Waals surface area contributed by atoms with Crippen molar-refractivity contribution in [3.05, 3.63) is 95.6 Å². The topological polar surface area (TPSA) is 46.9 Å². The summed E-state index contributed by atoms with van der Waals surface area (Å²) in [4.78, 5) is 17.0. The fourth-order valence-corrected chi connectivity index (χ4v) is 3.28. The largest absolute Gasteiger partial charge is 0.331 e. The molecule has 0 fully saturated rings. The van der Waals surface area contributed by atoms with Crippen molar-refractivity contribution < 1.29 is 9.18 Å². The van der Waals surface area contributed by atoms with E-state index < -0.39 is 0 Å². The Morgan fingerprint density at radius 1 is 1.00 bits per heavy atom. The molecule has 1 amide bonds. The lowest BCUT2D eigenvalue weighted by atomic mass is 10.1. The molecular weight excluding hydrogens is 353 g/mol. The summed E-state index contributed by atoms with van der Waals surface area (Å²) in [6, 6.07) is 21.4. The van der Waals surface area contributed by atoms with Crippen molar-refractivity contribution in [2.45, 2.75) is 12.8 Å². The number of amides is 1. The van der Waals surface area contributed by atoms with Crippen LogP contribution in [0, 0.1) is 5.82 Å². The molecule has 0 atom stereocenters. The molecule has 4 nitrogen and oxygen atoms in total. The van der Waals surface area contributed by atoms with E-state index in [0.29, 0.717) is 5.56 Å². The molecule has 4 rings (SSSR count). The van der Waals surface area contributed by atoms with Gasteiger partial charge in [0, 0.05) is 24.7 Å². The molecule has 1 aromatic heterocycles. The number of carbonyl (C=O) groups excluding carboxylic acids is 1. The molecule has 0 spiro atoms. The van der Waals surface area contributed by atoms with Crippen LogP contribution in [0.25, 0.3) is 11.0 Å². The predicted molar refractivity (Wildman–Crippen MR) is 109 cm³/mol. The molecule has 0 unspecified atom stereocenters. The molecule has 0 saturated carbocycles. The third kappa shape index (κ3) is 3.78. The fraction of sp³-hybridized carbons (Fsp3) is 0.130.